The molecule has 6 heteroatoms. The van der Waals surface area contributed by atoms with E-state index in [2.05, 4.69) is 37.0 Å². The van der Waals surface area contributed by atoms with E-state index in [9.17, 15) is 9.18 Å². The average molecular weight is 362 g/mol. The van der Waals surface area contributed by atoms with Gasteiger partial charge in [0.1, 0.15) is 11.5 Å². The highest BCUT2D eigenvalue weighted by atomic mass is 79.9. The number of carbonyl (C=O) groups is 1. The minimum atomic E-state index is -0.558. The summed E-state index contributed by atoms with van der Waals surface area (Å²) in [6, 6.07) is 4.33. The van der Waals surface area contributed by atoms with Crippen molar-refractivity contribution in [3.05, 3.63) is 50.4 Å². The summed E-state index contributed by atoms with van der Waals surface area (Å²) in [5, 5.41) is 3.93. The number of rotatable bonds is 2. The van der Waals surface area contributed by atoms with Gasteiger partial charge >= 0.3 is 0 Å². The minimum absolute atomic E-state index is 0.0255. The first-order chi connectivity index (χ1) is 8.00. The zero-order valence-electron chi connectivity index (χ0n) is 8.75. The molecule has 0 saturated heterocycles. The second-order valence-corrected chi connectivity index (χ2v) is 5.19. The zero-order chi connectivity index (χ0) is 12.6. The summed E-state index contributed by atoms with van der Waals surface area (Å²) in [4.78, 5) is 12.1. The van der Waals surface area contributed by atoms with Crippen molar-refractivity contribution in [2.24, 2.45) is 7.05 Å². The number of halogens is 3. The van der Waals surface area contributed by atoms with E-state index >= 15 is 0 Å². The number of ketones is 1. The Hall–Kier alpha value is -1.01. The van der Waals surface area contributed by atoms with Crippen molar-refractivity contribution in [1.29, 1.82) is 0 Å². The van der Waals surface area contributed by atoms with Crippen LogP contribution in [0.2, 0.25) is 0 Å². The first-order valence-electron chi connectivity index (χ1n) is 4.68. The third kappa shape index (κ3) is 2.32. The SMILES string of the molecule is Cn1ncc(Br)c1C(=O)c1ccc(Br)cc1F. The molecule has 0 fully saturated rings. The number of benzene rings is 1. The Labute approximate surface area is 114 Å². The molecular weight excluding hydrogens is 355 g/mol. The maximum atomic E-state index is 13.7. The van der Waals surface area contributed by atoms with Gasteiger partial charge in [-0.1, -0.05) is 15.9 Å². The van der Waals surface area contributed by atoms with Gasteiger partial charge in [0.05, 0.1) is 16.2 Å². The van der Waals surface area contributed by atoms with Crippen molar-refractivity contribution in [3.8, 4) is 0 Å². The second kappa shape index (κ2) is 4.70. The third-order valence-electron chi connectivity index (χ3n) is 2.28. The van der Waals surface area contributed by atoms with E-state index in [0.717, 1.165) is 0 Å². The second-order valence-electron chi connectivity index (χ2n) is 3.42. The van der Waals surface area contributed by atoms with Gasteiger partial charge in [-0.05, 0) is 34.1 Å². The standard InChI is InChI=1S/C11H7Br2FN2O/c1-16-10(8(13)5-15-16)11(17)7-3-2-6(12)4-9(7)14/h2-5H,1H3. The lowest BCUT2D eigenvalue weighted by atomic mass is 10.1. The molecule has 17 heavy (non-hydrogen) atoms. The Morgan fingerprint density at radius 2 is 2.12 bits per heavy atom. The van der Waals surface area contributed by atoms with E-state index in [1.807, 2.05) is 0 Å². The quantitative estimate of drug-likeness (QED) is 0.769. The third-order valence-corrected chi connectivity index (χ3v) is 3.36. The average Bonchev–Trinajstić information content (AvgIpc) is 2.58. The molecule has 0 N–H and O–H groups in total. The summed E-state index contributed by atoms with van der Waals surface area (Å²) in [6.07, 6.45) is 1.50. The maximum absolute atomic E-state index is 13.7. The highest BCUT2D eigenvalue weighted by Crippen LogP contribution is 2.22. The molecule has 0 unspecified atom stereocenters. The van der Waals surface area contributed by atoms with Crippen molar-refractivity contribution >= 4 is 37.6 Å². The summed E-state index contributed by atoms with van der Waals surface area (Å²) in [5.74, 6) is -0.959. The Balaban J connectivity index is 2.51. The van der Waals surface area contributed by atoms with Crippen LogP contribution in [0.5, 0.6) is 0 Å². The van der Waals surface area contributed by atoms with E-state index in [0.29, 0.717) is 14.6 Å². The number of hydrogen-bond donors (Lipinski definition) is 0. The zero-order valence-corrected chi connectivity index (χ0v) is 11.9. The van der Waals surface area contributed by atoms with Crippen molar-refractivity contribution in [3.63, 3.8) is 0 Å². The molecule has 0 atom stereocenters. The van der Waals surface area contributed by atoms with Crippen LogP contribution in [-0.2, 0) is 7.05 Å². The Morgan fingerprint density at radius 3 is 2.65 bits per heavy atom. The molecule has 1 aromatic carbocycles. The topological polar surface area (TPSA) is 34.9 Å². The molecule has 0 spiro atoms. The van der Waals surface area contributed by atoms with Crippen LogP contribution in [0.1, 0.15) is 16.1 Å². The van der Waals surface area contributed by atoms with Gasteiger partial charge in [-0.2, -0.15) is 5.10 Å². The van der Waals surface area contributed by atoms with Gasteiger partial charge in [0.15, 0.2) is 0 Å². The van der Waals surface area contributed by atoms with Gasteiger partial charge in [0.25, 0.3) is 0 Å². The van der Waals surface area contributed by atoms with Gasteiger partial charge in [0.2, 0.25) is 5.78 Å². The van der Waals surface area contributed by atoms with E-state index in [4.69, 9.17) is 0 Å². The molecule has 0 bridgehead atoms. The number of aryl methyl sites for hydroxylation is 1. The Bertz CT molecular complexity index is 576. The van der Waals surface area contributed by atoms with Crippen molar-refractivity contribution in [2.75, 3.05) is 0 Å². The van der Waals surface area contributed by atoms with Crippen LogP contribution < -0.4 is 0 Å². The van der Waals surface area contributed by atoms with E-state index in [-0.39, 0.29) is 5.56 Å². The largest absolute Gasteiger partial charge is 0.287 e. The monoisotopic (exact) mass is 360 g/mol. The first-order valence-corrected chi connectivity index (χ1v) is 6.26. The van der Waals surface area contributed by atoms with Crippen LogP contribution in [0, 0.1) is 5.82 Å². The smallest absolute Gasteiger partial charge is 0.215 e. The van der Waals surface area contributed by atoms with Gasteiger partial charge in [-0.15, -0.1) is 0 Å². The highest BCUT2D eigenvalue weighted by Gasteiger charge is 2.20. The van der Waals surface area contributed by atoms with Crippen molar-refractivity contribution in [1.82, 2.24) is 9.78 Å². The van der Waals surface area contributed by atoms with Crippen molar-refractivity contribution < 1.29 is 9.18 Å². The molecule has 1 aromatic heterocycles. The molecule has 0 aliphatic heterocycles. The fraction of sp³-hybridized carbons (Fsp3) is 0.0909. The fourth-order valence-corrected chi connectivity index (χ4v) is 2.33. The number of carbonyl (C=O) groups excluding carboxylic acids is 1. The number of hydrogen-bond acceptors (Lipinski definition) is 2. The van der Waals surface area contributed by atoms with Gasteiger partial charge < -0.3 is 0 Å². The molecule has 0 aliphatic carbocycles. The Kier molecular flexibility index (Phi) is 3.44. The lowest BCUT2D eigenvalue weighted by Gasteiger charge is -2.04. The molecule has 0 saturated carbocycles. The summed E-state index contributed by atoms with van der Waals surface area (Å²) < 4.78 is 16.2. The van der Waals surface area contributed by atoms with Crippen LogP contribution in [0.25, 0.3) is 0 Å². The molecule has 2 aromatic rings. The van der Waals surface area contributed by atoms with E-state index in [1.165, 1.54) is 23.0 Å². The van der Waals surface area contributed by atoms with Crippen LogP contribution in [0.4, 0.5) is 4.39 Å². The fourth-order valence-electron chi connectivity index (χ4n) is 1.47. The van der Waals surface area contributed by atoms with Crippen LogP contribution in [0.15, 0.2) is 33.3 Å². The Morgan fingerprint density at radius 1 is 1.41 bits per heavy atom. The van der Waals surface area contributed by atoms with Gasteiger partial charge in [-0.3, -0.25) is 9.48 Å². The minimum Gasteiger partial charge on any atom is -0.287 e. The first kappa shape index (κ1) is 12.4. The molecule has 0 radical (unpaired) electrons. The highest BCUT2D eigenvalue weighted by molar-refractivity contribution is 9.10. The molecule has 1 heterocycles. The molecule has 3 nitrogen and oxygen atoms in total. The predicted octanol–water partition coefficient (Wildman–Crippen LogP) is 3.32. The van der Waals surface area contributed by atoms with Crippen LogP contribution >= 0.6 is 31.9 Å². The number of aromatic nitrogens is 2. The summed E-state index contributed by atoms with van der Waals surface area (Å²) in [7, 11) is 1.63. The number of nitrogens with zero attached hydrogens (tertiary/aromatic N) is 2. The van der Waals surface area contributed by atoms with Crippen LogP contribution in [0.3, 0.4) is 0 Å². The predicted molar refractivity (Wildman–Crippen MR) is 68.4 cm³/mol. The molecule has 2 rings (SSSR count). The summed E-state index contributed by atoms with van der Waals surface area (Å²) >= 11 is 6.36. The normalized spacial score (nSPS) is 10.6. The summed E-state index contributed by atoms with van der Waals surface area (Å²) in [5.41, 5.74) is 0.351. The lowest BCUT2D eigenvalue weighted by molar-refractivity contribution is 0.102. The van der Waals surface area contributed by atoms with E-state index in [1.54, 1.807) is 13.1 Å². The maximum Gasteiger partial charge on any atom is 0.215 e. The molecule has 0 amide bonds. The van der Waals surface area contributed by atoms with Crippen molar-refractivity contribution in [2.45, 2.75) is 0 Å². The molecule has 0 aliphatic rings. The molecular formula is C11H7Br2FN2O. The van der Waals surface area contributed by atoms with Crippen LogP contribution in [-0.4, -0.2) is 15.6 Å². The molecule has 88 valence electrons. The van der Waals surface area contributed by atoms with Gasteiger partial charge in [-0.25, -0.2) is 4.39 Å². The van der Waals surface area contributed by atoms with Gasteiger partial charge in [0, 0.05) is 11.5 Å². The lowest BCUT2D eigenvalue weighted by Crippen LogP contribution is -2.10. The summed E-state index contributed by atoms with van der Waals surface area (Å²) in [6.45, 7) is 0. The van der Waals surface area contributed by atoms with E-state index < -0.39 is 11.6 Å².